The lowest BCUT2D eigenvalue weighted by molar-refractivity contribution is -0.203. The minimum absolute atomic E-state index is 0.236. The number of carboxylic acid groups (broad SMARTS) is 1. The van der Waals surface area contributed by atoms with Gasteiger partial charge in [-0.1, -0.05) is 0 Å². The molecule has 1 heterocycles. The van der Waals surface area contributed by atoms with Crippen molar-refractivity contribution in [3.8, 4) is 0 Å². The standard InChI is InChI=1S/C12H20F3N3O3/c1-11(9(19)20,12(13,14)15)16-10(21)17(2)7-8-18-5-3-4-6-18/h3-8H2,1-2H3,(H,16,21)(H,19,20). The lowest BCUT2D eigenvalue weighted by Gasteiger charge is -2.31. The van der Waals surface area contributed by atoms with E-state index in [9.17, 15) is 22.8 Å². The van der Waals surface area contributed by atoms with Gasteiger partial charge in [0.1, 0.15) is 0 Å². The molecule has 0 spiro atoms. The average molecular weight is 311 g/mol. The number of carboxylic acids is 1. The molecule has 1 saturated heterocycles. The van der Waals surface area contributed by atoms with E-state index in [1.54, 1.807) is 5.32 Å². The molecule has 1 rings (SSSR count). The monoisotopic (exact) mass is 311 g/mol. The number of carbonyl (C=O) groups excluding carboxylic acids is 1. The Labute approximate surface area is 120 Å². The molecule has 0 aromatic carbocycles. The third-order valence-electron chi connectivity index (χ3n) is 3.65. The molecule has 21 heavy (non-hydrogen) atoms. The normalized spacial score (nSPS) is 19.1. The molecule has 6 nitrogen and oxygen atoms in total. The first kappa shape index (κ1) is 17.5. The lowest BCUT2D eigenvalue weighted by atomic mass is 10.0. The first-order valence-corrected chi connectivity index (χ1v) is 6.63. The van der Waals surface area contributed by atoms with E-state index in [4.69, 9.17) is 5.11 Å². The predicted octanol–water partition coefficient (Wildman–Crippen LogP) is 1.13. The first-order valence-electron chi connectivity index (χ1n) is 6.63. The fourth-order valence-corrected chi connectivity index (χ4v) is 1.95. The SMILES string of the molecule is CN(CCN1CCCC1)C(=O)NC(C)(C(=O)O)C(F)(F)F. The molecule has 2 amide bonds. The summed E-state index contributed by atoms with van der Waals surface area (Å²) in [7, 11) is 1.34. The molecule has 0 saturated carbocycles. The molecule has 1 unspecified atom stereocenters. The van der Waals surface area contributed by atoms with Crippen LogP contribution in [0.15, 0.2) is 0 Å². The summed E-state index contributed by atoms with van der Waals surface area (Å²) >= 11 is 0. The largest absolute Gasteiger partial charge is 0.479 e. The Kier molecular flexibility index (Phi) is 5.43. The molecular formula is C12H20F3N3O3. The van der Waals surface area contributed by atoms with Crippen molar-refractivity contribution in [2.24, 2.45) is 0 Å². The zero-order chi connectivity index (χ0) is 16.3. The molecule has 0 aromatic heterocycles. The molecule has 1 aliphatic rings. The van der Waals surface area contributed by atoms with Crippen molar-refractivity contribution in [1.29, 1.82) is 0 Å². The lowest BCUT2D eigenvalue weighted by Crippen LogP contribution is -2.63. The van der Waals surface area contributed by atoms with Crippen molar-refractivity contribution < 1.29 is 27.9 Å². The number of aliphatic carboxylic acids is 1. The molecule has 1 aliphatic heterocycles. The van der Waals surface area contributed by atoms with E-state index in [-0.39, 0.29) is 6.54 Å². The highest BCUT2D eigenvalue weighted by molar-refractivity contribution is 5.86. The summed E-state index contributed by atoms with van der Waals surface area (Å²) in [6, 6.07) is -1.06. The summed E-state index contributed by atoms with van der Waals surface area (Å²) in [5.41, 5.74) is -3.30. The van der Waals surface area contributed by atoms with Crippen LogP contribution in [0.4, 0.5) is 18.0 Å². The number of carbonyl (C=O) groups is 2. The Balaban J connectivity index is 2.58. The minimum Gasteiger partial charge on any atom is -0.479 e. The molecular weight excluding hydrogens is 291 g/mol. The van der Waals surface area contributed by atoms with Crippen molar-refractivity contribution >= 4 is 12.0 Å². The van der Waals surface area contributed by atoms with Crippen LogP contribution in [0.25, 0.3) is 0 Å². The number of likely N-dealkylation sites (N-methyl/N-ethyl adjacent to an activating group) is 1. The Bertz CT molecular complexity index is 397. The number of likely N-dealkylation sites (tertiary alicyclic amines) is 1. The van der Waals surface area contributed by atoms with Gasteiger partial charge in [0.2, 0.25) is 5.54 Å². The van der Waals surface area contributed by atoms with Gasteiger partial charge in [-0.3, -0.25) is 0 Å². The summed E-state index contributed by atoms with van der Waals surface area (Å²) in [6.45, 7) is 3.04. The number of amides is 2. The molecule has 0 radical (unpaired) electrons. The van der Waals surface area contributed by atoms with Crippen LogP contribution < -0.4 is 5.32 Å². The number of nitrogens with zero attached hydrogens (tertiary/aromatic N) is 2. The maximum Gasteiger partial charge on any atom is 0.422 e. The summed E-state index contributed by atoms with van der Waals surface area (Å²) in [4.78, 5) is 25.7. The van der Waals surface area contributed by atoms with Gasteiger partial charge in [-0.05, 0) is 32.9 Å². The van der Waals surface area contributed by atoms with Gasteiger partial charge in [0.05, 0.1) is 0 Å². The van der Waals surface area contributed by atoms with Crippen LogP contribution >= 0.6 is 0 Å². The third-order valence-corrected chi connectivity index (χ3v) is 3.65. The number of rotatable bonds is 5. The van der Waals surface area contributed by atoms with Crippen LogP contribution in [-0.2, 0) is 4.79 Å². The van der Waals surface area contributed by atoms with Crippen LogP contribution in [0.2, 0.25) is 0 Å². The second kappa shape index (κ2) is 6.50. The summed E-state index contributed by atoms with van der Waals surface area (Å²) < 4.78 is 38.4. The number of halogens is 3. The number of urea groups is 1. The second-order valence-corrected chi connectivity index (χ2v) is 5.33. The number of alkyl halides is 3. The minimum atomic E-state index is -5.08. The summed E-state index contributed by atoms with van der Waals surface area (Å²) in [5.74, 6) is -2.14. The van der Waals surface area contributed by atoms with Gasteiger partial charge in [0, 0.05) is 20.1 Å². The smallest absolute Gasteiger partial charge is 0.422 e. The zero-order valence-corrected chi connectivity index (χ0v) is 12.0. The van der Waals surface area contributed by atoms with Crippen LogP contribution in [0.1, 0.15) is 19.8 Å². The molecule has 0 bridgehead atoms. The second-order valence-electron chi connectivity index (χ2n) is 5.33. The van der Waals surface area contributed by atoms with Crippen molar-refractivity contribution in [1.82, 2.24) is 15.1 Å². The molecule has 122 valence electrons. The van der Waals surface area contributed by atoms with Crippen molar-refractivity contribution in [2.75, 3.05) is 33.2 Å². The maximum atomic E-state index is 12.8. The highest BCUT2D eigenvalue weighted by atomic mass is 19.4. The topological polar surface area (TPSA) is 72.9 Å². The van der Waals surface area contributed by atoms with E-state index in [2.05, 4.69) is 4.90 Å². The van der Waals surface area contributed by atoms with Gasteiger partial charge >= 0.3 is 18.2 Å². The van der Waals surface area contributed by atoms with E-state index in [0.717, 1.165) is 30.8 Å². The van der Waals surface area contributed by atoms with E-state index in [0.29, 0.717) is 13.5 Å². The van der Waals surface area contributed by atoms with Gasteiger partial charge in [0.15, 0.2) is 0 Å². The van der Waals surface area contributed by atoms with Crippen LogP contribution in [0, 0.1) is 0 Å². The van der Waals surface area contributed by atoms with Gasteiger partial charge < -0.3 is 20.2 Å². The van der Waals surface area contributed by atoms with Crippen LogP contribution in [-0.4, -0.2) is 71.8 Å². The van der Waals surface area contributed by atoms with Gasteiger partial charge in [-0.15, -0.1) is 0 Å². The van der Waals surface area contributed by atoms with E-state index < -0.39 is 23.7 Å². The van der Waals surface area contributed by atoms with Crippen molar-refractivity contribution in [3.63, 3.8) is 0 Å². The molecule has 1 atom stereocenters. The van der Waals surface area contributed by atoms with Crippen molar-refractivity contribution in [2.45, 2.75) is 31.5 Å². The summed E-state index contributed by atoms with van der Waals surface area (Å²) in [5, 5.41) is 10.3. The average Bonchev–Trinajstić information content (AvgIpc) is 2.87. The Morgan fingerprint density at radius 3 is 2.24 bits per heavy atom. The van der Waals surface area contributed by atoms with Gasteiger partial charge in [0.25, 0.3) is 0 Å². The predicted molar refractivity (Wildman–Crippen MR) is 68.9 cm³/mol. The van der Waals surface area contributed by atoms with Crippen LogP contribution in [0.3, 0.4) is 0 Å². The Hall–Kier alpha value is -1.51. The van der Waals surface area contributed by atoms with E-state index in [1.807, 2.05) is 0 Å². The van der Waals surface area contributed by atoms with Gasteiger partial charge in [-0.2, -0.15) is 13.2 Å². The fourth-order valence-electron chi connectivity index (χ4n) is 1.95. The third kappa shape index (κ3) is 4.23. The zero-order valence-electron chi connectivity index (χ0n) is 12.0. The fraction of sp³-hybridized carbons (Fsp3) is 0.833. The van der Waals surface area contributed by atoms with E-state index in [1.165, 1.54) is 7.05 Å². The Morgan fingerprint density at radius 1 is 1.29 bits per heavy atom. The first-order chi connectivity index (χ1) is 9.58. The number of nitrogens with one attached hydrogen (secondary N) is 1. The van der Waals surface area contributed by atoms with Crippen LogP contribution in [0.5, 0.6) is 0 Å². The van der Waals surface area contributed by atoms with E-state index >= 15 is 0 Å². The molecule has 9 heteroatoms. The van der Waals surface area contributed by atoms with Gasteiger partial charge in [-0.25, -0.2) is 9.59 Å². The molecule has 0 aliphatic carbocycles. The molecule has 2 N–H and O–H groups in total. The van der Waals surface area contributed by atoms with Crippen molar-refractivity contribution in [3.05, 3.63) is 0 Å². The Morgan fingerprint density at radius 2 is 1.81 bits per heavy atom. The summed E-state index contributed by atoms with van der Waals surface area (Å²) in [6.07, 6.45) is -2.94. The number of hydrogen-bond acceptors (Lipinski definition) is 3. The highest BCUT2D eigenvalue weighted by Crippen LogP contribution is 2.30. The quantitative estimate of drug-likeness (QED) is 0.798. The molecule has 1 fully saturated rings. The highest BCUT2D eigenvalue weighted by Gasteiger charge is 2.58. The molecule has 0 aromatic rings. The maximum absolute atomic E-state index is 12.8. The number of hydrogen-bond donors (Lipinski definition) is 2.